The van der Waals surface area contributed by atoms with Crippen LogP contribution in [0, 0.1) is 5.92 Å². The van der Waals surface area contributed by atoms with Gasteiger partial charge < -0.3 is 14.4 Å². The van der Waals surface area contributed by atoms with Crippen molar-refractivity contribution < 1.29 is 14.3 Å². The standard InChI is InChI=1S/C11H13NO3S/c1-12-4-8(6-2-3-6)16-10-7(12)5-15-9(10)11(13)14/h5-6,8H,2-4H2,1H3,(H,13,14). The summed E-state index contributed by atoms with van der Waals surface area (Å²) in [5.41, 5.74) is 0.916. The Morgan fingerprint density at radius 2 is 2.38 bits per heavy atom. The number of thioether (sulfide) groups is 1. The molecule has 2 aliphatic rings. The van der Waals surface area contributed by atoms with E-state index in [0.29, 0.717) is 5.25 Å². The lowest BCUT2D eigenvalue weighted by molar-refractivity contribution is 0.0657. The fourth-order valence-electron chi connectivity index (χ4n) is 2.13. The van der Waals surface area contributed by atoms with Gasteiger partial charge in [0.25, 0.3) is 0 Å². The number of furan rings is 1. The quantitative estimate of drug-likeness (QED) is 0.858. The van der Waals surface area contributed by atoms with Gasteiger partial charge in [-0.15, -0.1) is 11.8 Å². The van der Waals surface area contributed by atoms with E-state index in [9.17, 15) is 4.79 Å². The molecule has 1 N–H and O–H groups in total. The van der Waals surface area contributed by atoms with E-state index in [-0.39, 0.29) is 5.76 Å². The largest absolute Gasteiger partial charge is 0.475 e. The Hall–Kier alpha value is -1.10. The van der Waals surface area contributed by atoms with E-state index in [1.165, 1.54) is 12.8 Å². The molecule has 0 amide bonds. The Morgan fingerprint density at radius 1 is 1.62 bits per heavy atom. The van der Waals surface area contributed by atoms with Crippen LogP contribution in [0.4, 0.5) is 5.69 Å². The summed E-state index contributed by atoms with van der Waals surface area (Å²) in [6.45, 7) is 0.987. The first-order valence-electron chi connectivity index (χ1n) is 5.39. The Kier molecular flexibility index (Phi) is 2.17. The van der Waals surface area contributed by atoms with E-state index in [0.717, 1.165) is 23.0 Å². The number of anilines is 1. The summed E-state index contributed by atoms with van der Waals surface area (Å²) in [7, 11) is 2.00. The van der Waals surface area contributed by atoms with Crippen LogP contribution in [0.3, 0.4) is 0 Å². The molecule has 5 heteroatoms. The summed E-state index contributed by atoms with van der Waals surface area (Å²) in [6.07, 6.45) is 4.11. The Bertz CT molecular complexity index is 438. The molecule has 0 aromatic carbocycles. The van der Waals surface area contributed by atoms with Crippen molar-refractivity contribution in [3.8, 4) is 0 Å². The van der Waals surface area contributed by atoms with Crippen LogP contribution >= 0.6 is 11.8 Å². The van der Waals surface area contributed by atoms with E-state index in [1.807, 2.05) is 7.05 Å². The summed E-state index contributed by atoms with van der Waals surface area (Å²) in [5, 5.41) is 9.55. The summed E-state index contributed by atoms with van der Waals surface area (Å²) in [4.78, 5) is 13.9. The third kappa shape index (κ3) is 1.50. The maximum atomic E-state index is 11.0. The first-order valence-corrected chi connectivity index (χ1v) is 6.27. The maximum Gasteiger partial charge on any atom is 0.373 e. The second-order valence-electron chi connectivity index (χ2n) is 4.46. The van der Waals surface area contributed by atoms with Gasteiger partial charge in [0.05, 0.1) is 10.6 Å². The minimum absolute atomic E-state index is 0.0946. The topological polar surface area (TPSA) is 53.7 Å². The zero-order chi connectivity index (χ0) is 11.3. The zero-order valence-electron chi connectivity index (χ0n) is 8.97. The summed E-state index contributed by atoms with van der Waals surface area (Å²) in [6, 6.07) is 0. The van der Waals surface area contributed by atoms with Gasteiger partial charge in [-0.25, -0.2) is 4.79 Å². The van der Waals surface area contributed by atoms with Crippen LogP contribution in [0.1, 0.15) is 23.4 Å². The monoisotopic (exact) mass is 239 g/mol. The van der Waals surface area contributed by atoms with Crippen molar-refractivity contribution in [1.29, 1.82) is 0 Å². The molecule has 1 aliphatic heterocycles. The number of nitrogens with zero attached hydrogens (tertiary/aromatic N) is 1. The van der Waals surface area contributed by atoms with E-state index < -0.39 is 5.97 Å². The molecule has 0 spiro atoms. The molecule has 1 aromatic heterocycles. The molecule has 16 heavy (non-hydrogen) atoms. The molecule has 0 radical (unpaired) electrons. The van der Waals surface area contributed by atoms with Crippen LogP contribution in [0.15, 0.2) is 15.6 Å². The lowest BCUT2D eigenvalue weighted by Crippen LogP contribution is -2.32. The van der Waals surface area contributed by atoms with Crippen LogP contribution in [0.2, 0.25) is 0 Å². The molecular weight excluding hydrogens is 226 g/mol. The van der Waals surface area contributed by atoms with Gasteiger partial charge >= 0.3 is 5.97 Å². The van der Waals surface area contributed by atoms with E-state index in [4.69, 9.17) is 9.52 Å². The van der Waals surface area contributed by atoms with Crippen molar-refractivity contribution in [2.75, 3.05) is 18.5 Å². The van der Waals surface area contributed by atoms with Crippen LogP contribution < -0.4 is 4.90 Å². The van der Waals surface area contributed by atoms with Gasteiger partial charge in [0.2, 0.25) is 5.76 Å². The molecular formula is C11H13NO3S. The third-order valence-corrected chi connectivity index (χ3v) is 4.67. The maximum absolute atomic E-state index is 11.0. The fourth-order valence-corrected chi connectivity index (χ4v) is 3.77. The van der Waals surface area contributed by atoms with Gasteiger partial charge in [0, 0.05) is 18.8 Å². The molecule has 4 nitrogen and oxygen atoms in total. The van der Waals surface area contributed by atoms with Crippen molar-refractivity contribution >= 4 is 23.4 Å². The molecule has 3 rings (SSSR count). The Balaban J connectivity index is 1.96. The van der Waals surface area contributed by atoms with Gasteiger partial charge in [-0.05, 0) is 18.8 Å². The first kappa shape index (κ1) is 10.1. The lowest BCUT2D eigenvalue weighted by atomic mass is 10.2. The number of fused-ring (bicyclic) bond motifs is 1. The van der Waals surface area contributed by atoms with Gasteiger partial charge in [0.1, 0.15) is 6.26 Å². The smallest absolute Gasteiger partial charge is 0.373 e. The van der Waals surface area contributed by atoms with Crippen molar-refractivity contribution in [3.63, 3.8) is 0 Å². The van der Waals surface area contributed by atoms with E-state index in [2.05, 4.69) is 4.90 Å². The molecule has 0 saturated heterocycles. The molecule has 1 unspecified atom stereocenters. The lowest BCUT2D eigenvalue weighted by Gasteiger charge is -2.30. The molecule has 1 saturated carbocycles. The molecule has 2 heterocycles. The summed E-state index contributed by atoms with van der Waals surface area (Å²) < 4.78 is 5.14. The molecule has 86 valence electrons. The van der Waals surface area contributed by atoms with Gasteiger partial charge in [-0.3, -0.25) is 0 Å². The highest BCUT2D eigenvalue weighted by Crippen LogP contribution is 2.49. The highest BCUT2D eigenvalue weighted by atomic mass is 32.2. The highest BCUT2D eigenvalue weighted by Gasteiger charge is 2.38. The second-order valence-corrected chi connectivity index (χ2v) is 5.71. The number of carbonyl (C=O) groups is 1. The van der Waals surface area contributed by atoms with Crippen molar-refractivity contribution in [2.24, 2.45) is 5.92 Å². The minimum atomic E-state index is -0.974. The summed E-state index contributed by atoms with van der Waals surface area (Å²) >= 11 is 1.68. The SMILES string of the molecule is CN1CC(C2CC2)Sc2c1coc2C(=O)O. The zero-order valence-corrected chi connectivity index (χ0v) is 9.79. The molecule has 1 aliphatic carbocycles. The van der Waals surface area contributed by atoms with Crippen LogP contribution in [-0.2, 0) is 0 Å². The van der Waals surface area contributed by atoms with E-state index >= 15 is 0 Å². The number of rotatable bonds is 2. The van der Waals surface area contributed by atoms with Gasteiger partial charge in [0.15, 0.2) is 0 Å². The molecule has 1 atom stereocenters. The molecule has 1 aromatic rings. The number of aromatic carboxylic acids is 1. The van der Waals surface area contributed by atoms with Crippen molar-refractivity contribution in [3.05, 3.63) is 12.0 Å². The minimum Gasteiger partial charge on any atom is -0.475 e. The average molecular weight is 239 g/mol. The predicted molar refractivity (Wildman–Crippen MR) is 61.3 cm³/mol. The van der Waals surface area contributed by atoms with Gasteiger partial charge in [-0.1, -0.05) is 0 Å². The van der Waals surface area contributed by atoms with Crippen molar-refractivity contribution in [2.45, 2.75) is 23.0 Å². The van der Waals surface area contributed by atoms with Crippen LogP contribution in [-0.4, -0.2) is 29.9 Å². The van der Waals surface area contributed by atoms with Crippen LogP contribution in [0.5, 0.6) is 0 Å². The highest BCUT2D eigenvalue weighted by molar-refractivity contribution is 8.00. The average Bonchev–Trinajstić information content (AvgIpc) is 2.98. The van der Waals surface area contributed by atoms with E-state index in [1.54, 1.807) is 18.0 Å². The Labute approximate surface area is 97.6 Å². The van der Waals surface area contributed by atoms with Crippen LogP contribution in [0.25, 0.3) is 0 Å². The normalized spacial score (nSPS) is 24.3. The number of hydrogen-bond donors (Lipinski definition) is 1. The van der Waals surface area contributed by atoms with Gasteiger partial charge in [-0.2, -0.15) is 0 Å². The second kappa shape index (κ2) is 3.45. The molecule has 0 bridgehead atoms. The third-order valence-electron chi connectivity index (χ3n) is 3.20. The van der Waals surface area contributed by atoms with Crippen molar-refractivity contribution in [1.82, 2.24) is 0 Å². The predicted octanol–water partition coefficient (Wildman–Crippen LogP) is 2.30. The summed E-state index contributed by atoms with van der Waals surface area (Å²) in [5.74, 6) is -0.118. The number of carboxylic acids is 1. The Morgan fingerprint density at radius 3 is 3.00 bits per heavy atom. The molecule has 1 fully saturated rings. The first-order chi connectivity index (χ1) is 7.66. The number of hydrogen-bond acceptors (Lipinski definition) is 4. The fraction of sp³-hybridized carbons (Fsp3) is 0.545. The number of carboxylic acid groups (broad SMARTS) is 1.